The van der Waals surface area contributed by atoms with E-state index in [1.807, 2.05) is 13.2 Å². The van der Waals surface area contributed by atoms with Crippen molar-refractivity contribution >= 4 is 0 Å². The summed E-state index contributed by atoms with van der Waals surface area (Å²) in [5.41, 5.74) is 0.561. The maximum Gasteiger partial charge on any atom is 0.208 e. The van der Waals surface area contributed by atoms with Gasteiger partial charge in [-0.05, 0) is 68.7 Å². The van der Waals surface area contributed by atoms with E-state index in [0.717, 1.165) is 42.4 Å². The highest BCUT2D eigenvalue weighted by Gasteiger charge is 2.51. The minimum Gasteiger partial charge on any atom is -0.444 e. The number of hydrogen-bond donors (Lipinski definition) is 1. The lowest BCUT2D eigenvalue weighted by atomic mass is 9.49. The first-order valence-electron chi connectivity index (χ1n) is 7.83. The molecule has 0 saturated heterocycles. The zero-order chi connectivity index (χ0) is 12.9. The predicted octanol–water partition coefficient (Wildman–Crippen LogP) is 3.15. The highest BCUT2D eigenvalue weighted by molar-refractivity contribution is 5.07. The van der Waals surface area contributed by atoms with Gasteiger partial charge in [0.1, 0.15) is 5.76 Å². The zero-order valence-electron chi connectivity index (χ0n) is 11.8. The highest BCUT2D eigenvalue weighted by Crippen LogP contribution is 2.61. The van der Waals surface area contributed by atoms with Gasteiger partial charge in [0.2, 0.25) is 5.89 Å². The lowest BCUT2D eigenvalue weighted by Gasteiger charge is -2.56. The fourth-order valence-corrected chi connectivity index (χ4v) is 5.54. The third-order valence-corrected chi connectivity index (χ3v) is 5.64. The molecule has 1 heterocycles. The summed E-state index contributed by atoms with van der Waals surface area (Å²) in [7, 11) is 1.93. The normalized spacial score (nSPS) is 39.9. The van der Waals surface area contributed by atoms with Crippen LogP contribution < -0.4 is 5.32 Å². The van der Waals surface area contributed by atoms with Crippen LogP contribution in [-0.2, 0) is 13.0 Å². The minimum absolute atomic E-state index is 0.561. The number of nitrogens with one attached hydrogen (secondary N) is 1. The van der Waals surface area contributed by atoms with Crippen molar-refractivity contribution in [3.05, 3.63) is 17.8 Å². The topological polar surface area (TPSA) is 38.1 Å². The van der Waals surface area contributed by atoms with E-state index in [9.17, 15) is 0 Å². The monoisotopic (exact) mass is 260 g/mol. The first-order valence-corrected chi connectivity index (χ1v) is 7.83. The van der Waals surface area contributed by atoms with Gasteiger partial charge in [0.05, 0.1) is 12.7 Å². The zero-order valence-corrected chi connectivity index (χ0v) is 11.8. The second-order valence-electron chi connectivity index (χ2n) is 7.34. The van der Waals surface area contributed by atoms with Gasteiger partial charge in [0.25, 0.3) is 0 Å². The van der Waals surface area contributed by atoms with E-state index < -0.39 is 0 Å². The lowest BCUT2D eigenvalue weighted by Crippen LogP contribution is -2.46. The summed E-state index contributed by atoms with van der Waals surface area (Å²) in [6, 6.07) is 0. The molecule has 0 aliphatic heterocycles. The van der Waals surface area contributed by atoms with E-state index in [1.165, 1.54) is 38.5 Å². The molecule has 0 amide bonds. The Labute approximate surface area is 115 Å². The van der Waals surface area contributed by atoms with Crippen molar-refractivity contribution in [1.29, 1.82) is 0 Å². The van der Waals surface area contributed by atoms with Gasteiger partial charge in [0.15, 0.2) is 0 Å². The van der Waals surface area contributed by atoms with Crippen molar-refractivity contribution in [2.75, 3.05) is 7.05 Å². The molecule has 3 nitrogen and oxygen atoms in total. The first kappa shape index (κ1) is 12.0. The summed E-state index contributed by atoms with van der Waals surface area (Å²) < 4.78 is 5.89. The molecule has 0 spiro atoms. The first-order chi connectivity index (χ1) is 9.25. The molecule has 104 valence electrons. The maximum atomic E-state index is 5.89. The molecular formula is C16H24N2O. The fraction of sp³-hybridized carbons (Fsp3) is 0.812. The number of rotatable bonds is 4. The molecule has 4 fully saturated rings. The Bertz CT molecular complexity index is 430. The van der Waals surface area contributed by atoms with Crippen LogP contribution in [0.5, 0.6) is 0 Å². The fourth-order valence-electron chi connectivity index (χ4n) is 5.54. The molecule has 5 rings (SSSR count). The largest absolute Gasteiger partial charge is 0.444 e. The van der Waals surface area contributed by atoms with Crippen molar-refractivity contribution < 1.29 is 4.42 Å². The molecule has 19 heavy (non-hydrogen) atoms. The smallest absolute Gasteiger partial charge is 0.208 e. The number of aromatic nitrogens is 1. The molecule has 1 N–H and O–H groups in total. The maximum absolute atomic E-state index is 5.89. The van der Waals surface area contributed by atoms with E-state index >= 15 is 0 Å². The highest BCUT2D eigenvalue weighted by atomic mass is 16.4. The molecule has 0 atom stereocenters. The SMILES string of the molecule is CNCc1ncc(CC23CC4CC(CC(C4)C2)C3)o1. The van der Waals surface area contributed by atoms with Gasteiger partial charge in [-0.1, -0.05) is 0 Å². The summed E-state index contributed by atoms with van der Waals surface area (Å²) in [6.07, 6.45) is 12.0. The van der Waals surface area contributed by atoms with Crippen LogP contribution in [0.2, 0.25) is 0 Å². The summed E-state index contributed by atoms with van der Waals surface area (Å²) >= 11 is 0. The van der Waals surface area contributed by atoms with Crippen LogP contribution >= 0.6 is 0 Å². The van der Waals surface area contributed by atoms with E-state index in [0.29, 0.717) is 5.41 Å². The van der Waals surface area contributed by atoms with Crippen LogP contribution in [0.3, 0.4) is 0 Å². The summed E-state index contributed by atoms with van der Waals surface area (Å²) in [4.78, 5) is 4.37. The Morgan fingerprint density at radius 1 is 1.21 bits per heavy atom. The van der Waals surface area contributed by atoms with Gasteiger partial charge < -0.3 is 9.73 Å². The molecule has 4 bridgehead atoms. The van der Waals surface area contributed by atoms with Crippen molar-refractivity contribution in [1.82, 2.24) is 10.3 Å². The van der Waals surface area contributed by atoms with Gasteiger partial charge >= 0.3 is 0 Å². The van der Waals surface area contributed by atoms with E-state index in [1.54, 1.807) is 0 Å². The number of nitrogens with zero attached hydrogens (tertiary/aromatic N) is 1. The summed E-state index contributed by atoms with van der Waals surface area (Å²) in [5, 5.41) is 3.10. The molecular weight excluding hydrogens is 236 g/mol. The average Bonchev–Trinajstić information content (AvgIpc) is 2.74. The third-order valence-electron chi connectivity index (χ3n) is 5.64. The van der Waals surface area contributed by atoms with Crippen LogP contribution in [-0.4, -0.2) is 12.0 Å². The Morgan fingerprint density at radius 3 is 2.42 bits per heavy atom. The molecule has 0 unspecified atom stereocenters. The molecule has 1 aromatic rings. The molecule has 1 aromatic heterocycles. The quantitative estimate of drug-likeness (QED) is 0.903. The standard InChI is InChI=1S/C16H24N2O/c1-17-10-15-18-9-14(19-15)8-16-5-11-2-12(6-16)4-13(3-11)7-16/h9,11-13,17H,2-8,10H2,1H3. The van der Waals surface area contributed by atoms with Crippen LogP contribution in [0.15, 0.2) is 10.6 Å². The Hall–Kier alpha value is -0.830. The Balaban J connectivity index is 1.52. The third kappa shape index (κ3) is 2.12. The Morgan fingerprint density at radius 2 is 1.84 bits per heavy atom. The summed E-state index contributed by atoms with van der Waals surface area (Å²) in [6.45, 7) is 0.737. The van der Waals surface area contributed by atoms with Gasteiger partial charge in [0, 0.05) is 6.42 Å². The van der Waals surface area contributed by atoms with Gasteiger partial charge in [-0.2, -0.15) is 0 Å². The van der Waals surface area contributed by atoms with Crippen molar-refractivity contribution in [3.63, 3.8) is 0 Å². The molecule has 0 radical (unpaired) electrons. The second kappa shape index (κ2) is 4.34. The number of oxazole rings is 1. The van der Waals surface area contributed by atoms with E-state index in [4.69, 9.17) is 4.42 Å². The van der Waals surface area contributed by atoms with Gasteiger partial charge in [-0.15, -0.1) is 0 Å². The molecule has 0 aromatic carbocycles. The number of hydrogen-bond acceptors (Lipinski definition) is 3. The van der Waals surface area contributed by atoms with Crippen molar-refractivity contribution in [2.24, 2.45) is 23.2 Å². The van der Waals surface area contributed by atoms with Crippen molar-refractivity contribution in [3.8, 4) is 0 Å². The molecule has 4 aliphatic rings. The van der Waals surface area contributed by atoms with Gasteiger partial charge in [-0.25, -0.2) is 4.98 Å². The Kier molecular flexibility index (Phi) is 2.73. The lowest BCUT2D eigenvalue weighted by molar-refractivity contribution is -0.0545. The molecule has 4 saturated carbocycles. The second-order valence-corrected chi connectivity index (χ2v) is 7.34. The van der Waals surface area contributed by atoms with E-state index in [-0.39, 0.29) is 0 Å². The minimum atomic E-state index is 0.561. The predicted molar refractivity (Wildman–Crippen MR) is 73.6 cm³/mol. The van der Waals surface area contributed by atoms with Crippen LogP contribution in [0.25, 0.3) is 0 Å². The van der Waals surface area contributed by atoms with Gasteiger partial charge in [-0.3, -0.25) is 0 Å². The average molecular weight is 260 g/mol. The van der Waals surface area contributed by atoms with E-state index in [2.05, 4.69) is 10.3 Å². The van der Waals surface area contributed by atoms with Crippen LogP contribution in [0, 0.1) is 23.2 Å². The van der Waals surface area contributed by atoms with Crippen LogP contribution in [0.4, 0.5) is 0 Å². The summed E-state index contributed by atoms with van der Waals surface area (Å²) in [5.74, 6) is 5.01. The van der Waals surface area contributed by atoms with Crippen molar-refractivity contribution in [2.45, 2.75) is 51.5 Å². The molecule has 4 aliphatic carbocycles. The van der Waals surface area contributed by atoms with Crippen LogP contribution in [0.1, 0.15) is 50.2 Å². The molecule has 3 heteroatoms.